The Labute approximate surface area is 187 Å². The third-order valence-corrected chi connectivity index (χ3v) is 3.90. The van der Waals surface area contributed by atoms with Crippen molar-refractivity contribution in [3.8, 4) is 5.75 Å². The summed E-state index contributed by atoms with van der Waals surface area (Å²) in [4.78, 5) is 16.5. The van der Waals surface area contributed by atoms with Gasteiger partial charge in [-0.05, 0) is 43.9 Å². The van der Waals surface area contributed by atoms with Gasteiger partial charge in [-0.15, -0.1) is 24.0 Å². The number of unbranched alkanes of at least 4 members (excludes halogenated alkanes) is 1. The first-order valence-electron chi connectivity index (χ1n) is 9.21. The van der Waals surface area contributed by atoms with E-state index in [1.54, 1.807) is 7.11 Å². The van der Waals surface area contributed by atoms with Crippen molar-refractivity contribution in [3.05, 3.63) is 29.8 Å². The van der Waals surface area contributed by atoms with Crippen molar-refractivity contribution in [2.75, 3.05) is 40.3 Å². The van der Waals surface area contributed by atoms with Gasteiger partial charge >= 0.3 is 6.18 Å². The molecule has 0 radical (unpaired) electrons. The Kier molecular flexibility index (Phi) is 13.4. The van der Waals surface area contributed by atoms with E-state index in [1.165, 1.54) is 5.56 Å². The number of benzene rings is 1. The number of nitrogens with zero attached hydrogens (tertiary/aromatic N) is 2. The van der Waals surface area contributed by atoms with Gasteiger partial charge in [0.1, 0.15) is 18.8 Å². The molecule has 1 amide bonds. The van der Waals surface area contributed by atoms with Crippen molar-refractivity contribution < 1.29 is 22.7 Å². The first-order valence-corrected chi connectivity index (χ1v) is 9.21. The molecule has 0 atom stereocenters. The maximum atomic E-state index is 12.3. The fourth-order valence-corrected chi connectivity index (χ4v) is 2.42. The Bertz CT molecular complexity index is 625. The van der Waals surface area contributed by atoms with Gasteiger partial charge in [-0.2, -0.15) is 13.2 Å². The Balaban J connectivity index is 0.00000784. The standard InChI is InChI=1S/C19H29F3N4O2.HI/c1-4-23-18(25-13-17(27)26(2)14-19(20,21)22)24-12-6-5-7-15-8-10-16(28-3)11-9-15;/h8-11H,4-7,12-14H2,1-3H3,(H2,23,24,25);1H. The topological polar surface area (TPSA) is 66.0 Å². The van der Waals surface area contributed by atoms with E-state index in [-0.39, 0.29) is 30.5 Å². The second-order valence-corrected chi connectivity index (χ2v) is 6.29. The second kappa shape index (κ2) is 14.3. The first kappa shape index (κ1) is 27.3. The third-order valence-electron chi connectivity index (χ3n) is 3.90. The summed E-state index contributed by atoms with van der Waals surface area (Å²) >= 11 is 0. The summed E-state index contributed by atoms with van der Waals surface area (Å²) in [5.41, 5.74) is 1.22. The van der Waals surface area contributed by atoms with E-state index in [1.807, 2.05) is 31.2 Å². The molecule has 0 aliphatic rings. The van der Waals surface area contributed by atoms with E-state index >= 15 is 0 Å². The molecule has 1 aromatic rings. The van der Waals surface area contributed by atoms with Gasteiger partial charge in [0.15, 0.2) is 5.96 Å². The van der Waals surface area contributed by atoms with Crippen LogP contribution in [0, 0.1) is 0 Å². The second-order valence-electron chi connectivity index (χ2n) is 6.29. The van der Waals surface area contributed by atoms with Crippen LogP contribution in [0.25, 0.3) is 0 Å². The van der Waals surface area contributed by atoms with Gasteiger partial charge in [-0.25, -0.2) is 4.99 Å². The zero-order valence-electron chi connectivity index (χ0n) is 17.0. The van der Waals surface area contributed by atoms with Crippen molar-refractivity contribution >= 4 is 35.8 Å². The number of amides is 1. The smallest absolute Gasteiger partial charge is 0.406 e. The van der Waals surface area contributed by atoms with Crippen LogP contribution < -0.4 is 15.4 Å². The molecule has 2 N–H and O–H groups in total. The van der Waals surface area contributed by atoms with Gasteiger partial charge in [0.25, 0.3) is 0 Å². The summed E-state index contributed by atoms with van der Waals surface area (Å²) in [7, 11) is 2.75. The predicted molar refractivity (Wildman–Crippen MR) is 119 cm³/mol. The molecule has 1 rings (SSSR count). The predicted octanol–water partition coefficient (Wildman–Crippen LogP) is 3.21. The molecule has 29 heavy (non-hydrogen) atoms. The normalized spacial score (nSPS) is 11.4. The highest BCUT2D eigenvalue weighted by molar-refractivity contribution is 14.0. The number of likely N-dealkylation sites (N-methyl/N-ethyl adjacent to an activating group) is 1. The molecule has 0 saturated heterocycles. The number of carbonyl (C=O) groups is 1. The van der Waals surface area contributed by atoms with Gasteiger partial charge in [0.2, 0.25) is 5.91 Å². The molecule has 166 valence electrons. The molecule has 10 heteroatoms. The van der Waals surface area contributed by atoms with Gasteiger partial charge in [0, 0.05) is 20.1 Å². The summed E-state index contributed by atoms with van der Waals surface area (Å²) in [5, 5.41) is 6.07. The lowest BCUT2D eigenvalue weighted by Crippen LogP contribution is -2.40. The number of hydrogen-bond donors (Lipinski definition) is 2. The first-order chi connectivity index (χ1) is 13.2. The van der Waals surface area contributed by atoms with Crippen LogP contribution in [0.4, 0.5) is 13.2 Å². The molecule has 0 aliphatic carbocycles. The fraction of sp³-hybridized carbons (Fsp3) is 0.579. The van der Waals surface area contributed by atoms with Gasteiger partial charge in [0.05, 0.1) is 7.11 Å². The van der Waals surface area contributed by atoms with Gasteiger partial charge in [-0.3, -0.25) is 4.79 Å². The van der Waals surface area contributed by atoms with Crippen molar-refractivity contribution in [2.24, 2.45) is 4.99 Å². The van der Waals surface area contributed by atoms with E-state index in [0.717, 1.165) is 32.1 Å². The summed E-state index contributed by atoms with van der Waals surface area (Å²) in [6, 6.07) is 7.91. The number of alkyl halides is 3. The average Bonchev–Trinajstić information content (AvgIpc) is 2.64. The van der Waals surface area contributed by atoms with Crippen LogP contribution >= 0.6 is 24.0 Å². The fourth-order valence-electron chi connectivity index (χ4n) is 2.42. The Hall–Kier alpha value is -1.72. The molecule has 0 fully saturated rings. The van der Waals surface area contributed by atoms with Gasteiger partial charge in [-0.1, -0.05) is 12.1 Å². The minimum absolute atomic E-state index is 0. The maximum absolute atomic E-state index is 12.3. The number of methoxy groups -OCH3 is 1. The molecule has 0 aliphatic heterocycles. The molecule has 0 unspecified atom stereocenters. The van der Waals surface area contributed by atoms with E-state index < -0.39 is 18.6 Å². The maximum Gasteiger partial charge on any atom is 0.406 e. The van der Waals surface area contributed by atoms with Crippen molar-refractivity contribution in [1.82, 2.24) is 15.5 Å². The lowest BCUT2D eigenvalue weighted by atomic mass is 10.1. The molecule has 0 heterocycles. The monoisotopic (exact) mass is 530 g/mol. The van der Waals surface area contributed by atoms with Crippen LogP contribution in [0.3, 0.4) is 0 Å². The molecule has 0 saturated carbocycles. The van der Waals surface area contributed by atoms with Crippen molar-refractivity contribution in [1.29, 1.82) is 0 Å². The molecular formula is C19H30F3IN4O2. The van der Waals surface area contributed by atoms with Crippen molar-refractivity contribution in [3.63, 3.8) is 0 Å². The number of hydrogen-bond acceptors (Lipinski definition) is 3. The highest BCUT2D eigenvalue weighted by Crippen LogP contribution is 2.15. The van der Waals surface area contributed by atoms with Crippen molar-refractivity contribution in [2.45, 2.75) is 32.4 Å². The average molecular weight is 530 g/mol. The largest absolute Gasteiger partial charge is 0.497 e. The Morgan fingerprint density at radius 1 is 1.17 bits per heavy atom. The number of carbonyl (C=O) groups excluding carboxylic acids is 1. The minimum Gasteiger partial charge on any atom is -0.497 e. The lowest BCUT2D eigenvalue weighted by molar-refractivity contribution is -0.157. The minimum atomic E-state index is -4.42. The summed E-state index contributed by atoms with van der Waals surface area (Å²) in [6.45, 7) is 1.49. The quantitative estimate of drug-likeness (QED) is 0.211. The van der Waals surface area contributed by atoms with E-state index in [4.69, 9.17) is 4.74 Å². The number of rotatable bonds is 10. The molecule has 6 nitrogen and oxygen atoms in total. The van der Waals surface area contributed by atoms with E-state index in [0.29, 0.717) is 23.9 Å². The molecule has 0 spiro atoms. The Morgan fingerprint density at radius 2 is 1.83 bits per heavy atom. The van der Waals surface area contributed by atoms with E-state index in [2.05, 4.69) is 15.6 Å². The van der Waals surface area contributed by atoms with Crippen LogP contribution in [0.1, 0.15) is 25.3 Å². The van der Waals surface area contributed by atoms with Crippen LogP contribution in [0.2, 0.25) is 0 Å². The lowest BCUT2D eigenvalue weighted by Gasteiger charge is -2.18. The molecular weight excluding hydrogens is 500 g/mol. The summed E-state index contributed by atoms with van der Waals surface area (Å²) in [6.07, 6.45) is -1.63. The van der Waals surface area contributed by atoms with Crippen LogP contribution in [-0.2, 0) is 11.2 Å². The number of ether oxygens (including phenoxy) is 1. The highest BCUT2D eigenvalue weighted by atomic mass is 127. The molecule has 0 aromatic heterocycles. The summed E-state index contributed by atoms with van der Waals surface area (Å²) in [5.74, 6) is 0.557. The Morgan fingerprint density at radius 3 is 2.38 bits per heavy atom. The third kappa shape index (κ3) is 12.4. The number of halogens is 4. The van der Waals surface area contributed by atoms with Crippen LogP contribution in [-0.4, -0.2) is 63.3 Å². The molecule has 0 bridgehead atoms. The number of guanidine groups is 1. The number of aryl methyl sites for hydroxylation is 1. The zero-order chi connectivity index (χ0) is 21.0. The highest BCUT2D eigenvalue weighted by Gasteiger charge is 2.30. The van der Waals surface area contributed by atoms with E-state index in [9.17, 15) is 18.0 Å². The van der Waals surface area contributed by atoms with Gasteiger partial charge < -0.3 is 20.3 Å². The van der Waals surface area contributed by atoms with Crippen LogP contribution in [0.5, 0.6) is 5.75 Å². The molecule has 1 aromatic carbocycles. The SMILES string of the molecule is CCNC(=NCC(=O)N(C)CC(F)(F)F)NCCCCc1ccc(OC)cc1.I. The van der Waals surface area contributed by atoms with Crippen LogP contribution in [0.15, 0.2) is 29.3 Å². The number of aliphatic imine (C=N–C) groups is 1. The summed E-state index contributed by atoms with van der Waals surface area (Å²) < 4.78 is 42.1. The number of nitrogens with one attached hydrogen (secondary N) is 2. The zero-order valence-corrected chi connectivity index (χ0v) is 19.3.